The highest BCUT2D eigenvalue weighted by Gasteiger charge is 2.11. The average Bonchev–Trinajstić information content (AvgIpc) is 3.05. The fourth-order valence-electron chi connectivity index (χ4n) is 2.08. The SMILES string of the molecule is Cn1nncc1CNCC(O)c1cc2ccccc2s1. The molecule has 0 amide bonds. The van der Waals surface area contributed by atoms with Crippen molar-refractivity contribution in [3.8, 4) is 0 Å². The largest absolute Gasteiger partial charge is 0.386 e. The van der Waals surface area contributed by atoms with Gasteiger partial charge in [-0.15, -0.1) is 16.4 Å². The van der Waals surface area contributed by atoms with Crippen LogP contribution in [0.1, 0.15) is 16.7 Å². The van der Waals surface area contributed by atoms with Crippen molar-refractivity contribution in [3.63, 3.8) is 0 Å². The second-order valence-electron chi connectivity index (χ2n) is 4.68. The molecule has 6 heteroatoms. The van der Waals surface area contributed by atoms with Gasteiger partial charge in [-0.1, -0.05) is 23.4 Å². The number of rotatable bonds is 5. The fourth-order valence-corrected chi connectivity index (χ4v) is 3.13. The van der Waals surface area contributed by atoms with Gasteiger partial charge < -0.3 is 10.4 Å². The zero-order chi connectivity index (χ0) is 13.9. The lowest BCUT2D eigenvalue weighted by Gasteiger charge is -2.09. The van der Waals surface area contributed by atoms with Crippen LogP contribution < -0.4 is 5.32 Å². The molecule has 1 atom stereocenters. The molecule has 3 rings (SSSR count). The summed E-state index contributed by atoms with van der Waals surface area (Å²) in [5, 5.41) is 22.3. The van der Waals surface area contributed by atoms with Crippen LogP contribution in [0.25, 0.3) is 10.1 Å². The molecule has 0 saturated heterocycles. The van der Waals surface area contributed by atoms with E-state index in [2.05, 4.69) is 33.8 Å². The predicted octanol–water partition coefficient (Wildman–Crippen LogP) is 1.85. The lowest BCUT2D eigenvalue weighted by Crippen LogP contribution is -2.21. The monoisotopic (exact) mass is 288 g/mol. The zero-order valence-corrected chi connectivity index (χ0v) is 12.0. The van der Waals surface area contributed by atoms with Crippen molar-refractivity contribution in [2.24, 2.45) is 7.05 Å². The minimum Gasteiger partial charge on any atom is -0.386 e. The minimum atomic E-state index is -0.492. The Bertz CT molecular complexity index is 673. The Morgan fingerprint density at radius 2 is 2.25 bits per heavy atom. The van der Waals surface area contributed by atoms with Crippen LogP contribution in [0.15, 0.2) is 36.5 Å². The van der Waals surface area contributed by atoms with Crippen LogP contribution in [0.2, 0.25) is 0 Å². The quantitative estimate of drug-likeness (QED) is 0.752. The van der Waals surface area contributed by atoms with Crippen molar-refractivity contribution in [3.05, 3.63) is 47.1 Å². The van der Waals surface area contributed by atoms with Gasteiger partial charge in [0.05, 0.1) is 11.9 Å². The molecule has 2 N–H and O–H groups in total. The first kappa shape index (κ1) is 13.2. The van der Waals surface area contributed by atoms with Gasteiger partial charge in [0.2, 0.25) is 0 Å². The molecule has 0 saturated carbocycles. The van der Waals surface area contributed by atoms with Crippen LogP contribution in [-0.4, -0.2) is 26.6 Å². The number of aryl methyl sites for hydroxylation is 1. The van der Waals surface area contributed by atoms with Crippen LogP contribution in [0.4, 0.5) is 0 Å². The number of nitrogens with one attached hydrogen (secondary N) is 1. The molecule has 2 aromatic heterocycles. The van der Waals surface area contributed by atoms with E-state index in [0.717, 1.165) is 10.6 Å². The van der Waals surface area contributed by atoms with Crippen molar-refractivity contribution in [2.45, 2.75) is 12.6 Å². The van der Waals surface area contributed by atoms with Crippen molar-refractivity contribution >= 4 is 21.4 Å². The number of aromatic nitrogens is 3. The maximum atomic E-state index is 10.2. The number of hydrogen-bond acceptors (Lipinski definition) is 5. The van der Waals surface area contributed by atoms with Gasteiger partial charge in [0, 0.05) is 29.7 Å². The minimum absolute atomic E-state index is 0.492. The Morgan fingerprint density at radius 3 is 3.00 bits per heavy atom. The summed E-state index contributed by atoms with van der Waals surface area (Å²) in [7, 11) is 1.85. The van der Waals surface area contributed by atoms with E-state index in [1.165, 1.54) is 10.1 Å². The second-order valence-corrected chi connectivity index (χ2v) is 5.80. The highest BCUT2D eigenvalue weighted by Crippen LogP contribution is 2.29. The Hall–Kier alpha value is -1.76. The first-order chi connectivity index (χ1) is 9.74. The molecule has 0 aliphatic carbocycles. The van der Waals surface area contributed by atoms with Gasteiger partial charge in [-0.2, -0.15) is 0 Å². The van der Waals surface area contributed by atoms with E-state index in [-0.39, 0.29) is 0 Å². The number of aliphatic hydroxyl groups excluding tert-OH is 1. The average molecular weight is 288 g/mol. The van der Waals surface area contributed by atoms with Crippen molar-refractivity contribution in [1.82, 2.24) is 20.3 Å². The maximum absolute atomic E-state index is 10.2. The van der Waals surface area contributed by atoms with Crippen LogP contribution in [0, 0.1) is 0 Å². The van der Waals surface area contributed by atoms with E-state index < -0.39 is 6.10 Å². The summed E-state index contributed by atoms with van der Waals surface area (Å²) in [6.07, 6.45) is 1.23. The number of fused-ring (bicyclic) bond motifs is 1. The predicted molar refractivity (Wildman–Crippen MR) is 79.5 cm³/mol. The molecule has 0 aliphatic rings. The van der Waals surface area contributed by atoms with Crippen LogP contribution >= 0.6 is 11.3 Å². The summed E-state index contributed by atoms with van der Waals surface area (Å²) < 4.78 is 2.93. The molecule has 0 radical (unpaired) electrons. The first-order valence-corrected chi connectivity index (χ1v) is 7.26. The van der Waals surface area contributed by atoms with Gasteiger partial charge in [0.15, 0.2) is 0 Å². The van der Waals surface area contributed by atoms with E-state index in [1.807, 2.05) is 19.2 Å². The Kier molecular flexibility index (Phi) is 3.77. The summed E-state index contributed by atoms with van der Waals surface area (Å²) in [6.45, 7) is 1.16. The summed E-state index contributed by atoms with van der Waals surface area (Å²) in [5.41, 5.74) is 0.994. The summed E-state index contributed by atoms with van der Waals surface area (Å²) in [5.74, 6) is 0. The second kappa shape index (κ2) is 5.70. The standard InChI is InChI=1S/C14H16N4OS/c1-18-11(8-16-17-18)7-15-9-12(19)14-6-10-4-2-3-5-13(10)20-14/h2-6,8,12,15,19H,7,9H2,1H3. The molecule has 1 aromatic carbocycles. The van der Waals surface area contributed by atoms with Crippen molar-refractivity contribution in [1.29, 1.82) is 0 Å². The molecule has 20 heavy (non-hydrogen) atoms. The molecule has 1 unspecified atom stereocenters. The van der Waals surface area contributed by atoms with E-state index in [9.17, 15) is 5.11 Å². The van der Waals surface area contributed by atoms with Gasteiger partial charge in [0.25, 0.3) is 0 Å². The van der Waals surface area contributed by atoms with E-state index >= 15 is 0 Å². The van der Waals surface area contributed by atoms with E-state index in [1.54, 1.807) is 22.2 Å². The van der Waals surface area contributed by atoms with E-state index in [0.29, 0.717) is 13.1 Å². The van der Waals surface area contributed by atoms with Crippen LogP contribution in [0.5, 0.6) is 0 Å². The summed E-state index contributed by atoms with van der Waals surface area (Å²) >= 11 is 1.64. The van der Waals surface area contributed by atoms with E-state index in [4.69, 9.17) is 0 Å². The Balaban J connectivity index is 1.61. The molecular formula is C14H16N4OS. The van der Waals surface area contributed by atoms with Gasteiger partial charge in [0.1, 0.15) is 6.10 Å². The third-order valence-corrected chi connectivity index (χ3v) is 4.44. The molecule has 5 nitrogen and oxygen atoms in total. The number of aliphatic hydroxyl groups is 1. The van der Waals surface area contributed by atoms with Gasteiger partial charge >= 0.3 is 0 Å². The highest BCUT2D eigenvalue weighted by molar-refractivity contribution is 7.19. The molecule has 2 heterocycles. The lowest BCUT2D eigenvalue weighted by molar-refractivity contribution is 0.178. The topological polar surface area (TPSA) is 63.0 Å². The number of nitrogens with zero attached hydrogens (tertiary/aromatic N) is 3. The first-order valence-electron chi connectivity index (χ1n) is 6.45. The number of benzene rings is 1. The Labute approximate surface area is 120 Å². The molecular weight excluding hydrogens is 272 g/mol. The third kappa shape index (κ3) is 2.72. The summed E-state index contributed by atoms with van der Waals surface area (Å²) in [6, 6.07) is 10.2. The van der Waals surface area contributed by atoms with Crippen molar-refractivity contribution < 1.29 is 5.11 Å². The van der Waals surface area contributed by atoms with Gasteiger partial charge in [-0.25, -0.2) is 0 Å². The van der Waals surface area contributed by atoms with Crippen LogP contribution in [0.3, 0.4) is 0 Å². The zero-order valence-electron chi connectivity index (χ0n) is 11.2. The van der Waals surface area contributed by atoms with Crippen LogP contribution in [-0.2, 0) is 13.6 Å². The Morgan fingerprint density at radius 1 is 1.40 bits per heavy atom. The normalized spacial score (nSPS) is 12.9. The molecule has 0 spiro atoms. The fraction of sp³-hybridized carbons (Fsp3) is 0.286. The molecule has 104 valence electrons. The number of thiophene rings is 1. The molecule has 0 aliphatic heterocycles. The third-order valence-electron chi connectivity index (χ3n) is 3.23. The highest BCUT2D eigenvalue weighted by atomic mass is 32.1. The lowest BCUT2D eigenvalue weighted by atomic mass is 10.2. The number of hydrogen-bond donors (Lipinski definition) is 2. The van der Waals surface area contributed by atoms with Gasteiger partial charge in [-0.3, -0.25) is 4.68 Å². The smallest absolute Gasteiger partial charge is 0.101 e. The van der Waals surface area contributed by atoms with Gasteiger partial charge in [-0.05, 0) is 17.5 Å². The molecule has 0 fully saturated rings. The molecule has 0 bridgehead atoms. The maximum Gasteiger partial charge on any atom is 0.101 e. The molecule has 3 aromatic rings. The van der Waals surface area contributed by atoms with Crippen molar-refractivity contribution in [2.75, 3.05) is 6.54 Å². The summed E-state index contributed by atoms with van der Waals surface area (Å²) in [4.78, 5) is 0.988.